The highest BCUT2D eigenvalue weighted by Crippen LogP contribution is 2.25. The number of nitrogens with zero attached hydrogens (tertiary/aromatic N) is 4. The van der Waals surface area contributed by atoms with Crippen LogP contribution in [0.5, 0.6) is 5.75 Å². The average molecular weight is 507 g/mol. The summed E-state index contributed by atoms with van der Waals surface area (Å²) in [4.78, 5) is 11.5. The Bertz CT molecular complexity index is 866. The highest BCUT2D eigenvalue weighted by atomic mass is 127. The molecule has 0 spiro atoms. The Morgan fingerprint density at radius 3 is 2.86 bits per heavy atom. The predicted molar refractivity (Wildman–Crippen MR) is 128 cm³/mol. The van der Waals surface area contributed by atoms with Crippen molar-refractivity contribution in [1.82, 2.24) is 19.8 Å². The van der Waals surface area contributed by atoms with Gasteiger partial charge in [-0.25, -0.2) is 4.98 Å². The van der Waals surface area contributed by atoms with Crippen LogP contribution in [-0.4, -0.2) is 47.7 Å². The molecule has 0 bridgehead atoms. The van der Waals surface area contributed by atoms with Gasteiger partial charge in [0.1, 0.15) is 11.6 Å². The summed E-state index contributed by atoms with van der Waals surface area (Å²) in [6, 6.07) is 8.29. The number of imidazole rings is 1. The quantitative estimate of drug-likeness (QED) is 0.390. The molecule has 4 rings (SSSR count). The van der Waals surface area contributed by atoms with Gasteiger partial charge in [0.2, 0.25) is 0 Å². The summed E-state index contributed by atoms with van der Waals surface area (Å²) in [5, 5.41) is 3.49. The number of nitrogens with one attached hydrogen (secondary N) is 1. The third-order valence-corrected chi connectivity index (χ3v) is 5.55. The Kier molecular flexibility index (Phi) is 7.57. The normalized spacial score (nSPS) is 16.6. The summed E-state index contributed by atoms with van der Waals surface area (Å²) in [5.41, 5.74) is 3.71. The van der Waals surface area contributed by atoms with E-state index >= 15 is 0 Å². The minimum absolute atomic E-state index is 0. The van der Waals surface area contributed by atoms with Crippen molar-refractivity contribution in [2.24, 2.45) is 4.99 Å². The molecule has 156 valence electrons. The molecule has 3 heterocycles. The lowest BCUT2D eigenvalue weighted by atomic mass is 9.99. The van der Waals surface area contributed by atoms with Gasteiger partial charge in [0.05, 0.1) is 19.3 Å². The molecule has 7 heteroatoms. The molecule has 0 saturated carbocycles. The largest absolute Gasteiger partial charge is 0.497 e. The van der Waals surface area contributed by atoms with E-state index in [1.54, 1.807) is 7.11 Å². The van der Waals surface area contributed by atoms with Gasteiger partial charge < -0.3 is 19.5 Å². The van der Waals surface area contributed by atoms with Gasteiger partial charge in [-0.3, -0.25) is 4.99 Å². The molecule has 6 nitrogen and oxygen atoms in total. The number of hydrogen-bond acceptors (Lipinski definition) is 3. The molecule has 2 aliphatic heterocycles. The summed E-state index contributed by atoms with van der Waals surface area (Å²) >= 11 is 0. The smallest absolute Gasteiger partial charge is 0.194 e. The average Bonchev–Trinajstić information content (AvgIpc) is 3.17. The third kappa shape index (κ3) is 5.12. The first kappa shape index (κ1) is 21.7. The molecule has 1 aromatic heterocycles. The Balaban J connectivity index is 0.00000240. The number of guanidine groups is 1. The molecule has 0 atom stereocenters. The number of ether oxygens (including phenoxy) is 1. The number of rotatable bonds is 4. The van der Waals surface area contributed by atoms with E-state index < -0.39 is 0 Å². The van der Waals surface area contributed by atoms with Crippen LogP contribution >= 0.6 is 24.0 Å². The lowest BCUT2D eigenvalue weighted by molar-refractivity contribution is 0.414. The molecule has 1 aromatic carbocycles. The number of aromatic nitrogens is 2. The van der Waals surface area contributed by atoms with Crippen LogP contribution in [-0.2, 0) is 19.5 Å². The van der Waals surface area contributed by atoms with Crippen LogP contribution in [0.25, 0.3) is 5.57 Å². The fraction of sp³-hybridized carbons (Fsp3) is 0.455. The van der Waals surface area contributed by atoms with Crippen LogP contribution in [0.3, 0.4) is 0 Å². The molecule has 0 saturated heterocycles. The molecule has 2 aromatic rings. The predicted octanol–water partition coefficient (Wildman–Crippen LogP) is 3.71. The maximum absolute atomic E-state index is 5.35. The molecule has 0 radical (unpaired) electrons. The number of methoxy groups -OCH3 is 1. The van der Waals surface area contributed by atoms with Crippen molar-refractivity contribution >= 4 is 35.5 Å². The van der Waals surface area contributed by atoms with E-state index in [4.69, 9.17) is 9.72 Å². The highest BCUT2D eigenvalue weighted by Gasteiger charge is 2.17. The van der Waals surface area contributed by atoms with E-state index in [0.717, 1.165) is 56.4 Å². The van der Waals surface area contributed by atoms with Gasteiger partial charge in [-0.2, -0.15) is 0 Å². The van der Waals surface area contributed by atoms with E-state index in [1.807, 2.05) is 19.2 Å². The zero-order chi connectivity index (χ0) is 19.3. The van der Waals surface area contributed by atoms with Gasteiger partial charge in [0.15, 0.2) is 5.96 Å². The van der Waals surface area contributed by atoms with Gasteiger partial charge in [0.25, 0.3) is 0 Å². The third-order valence-electron chi connectivity index (χ3n) is 5.55. The Hall–Kier alpha value is -2.03. The number of hydrogen-bond donors (Lipinski definition) is 1. The zero-order valence-electron chi connectivity index (χ0n) is 17.2. The van der Waals surface area contributed by atoms with Crippen LogP contribution in [0.4, 0.5) is 0 Å². The molecule has 0 unspecified atom stereocenters. The van der Waals surface area contributed by atoms with E-state index in [-0.39, 0.29) is 24.0 Å². The van der Waals surface area contributed by atoms with Crippen molar-refractivity contribution in [3.05, 3.63) is 53.6 Å². The minimum Gasteiger partial charge on any atom is -0.497 e. The number of halogens is 1. The van der Waals surface area contributed by atoms with Gasteiger partial charge in [-0.1, -0.05) is 18.2 Å². The number of aryl methyl sites for hydroxylation is 2. The van der Waals surface area contributed by atoms with Gasteiger partial charge in [-0.15, -0.1) is 24.0 Å². The van der Waals surface area contributed by atoms with Crippen molar-refractivity contribution in [1.29, 1.82) is 0 Å². The molecule has 1 N–H and O–H groups in total. The first-order chi connectivity index (χ1) is 13.8. The highest BCUT2D eigenvalue weighted by molar-refractivity contribution is 14.0. The number of fused-ring (bicyclic) bond motifs is 1. The molecule has 0 amide bonds. The van der Waals surface area contributed by atoms with Gasteiger partial charge in [-0.05, 0) is 42.5 Å². The van der Waals surface area contributed by atoms with Crippen LogP contribution in [0.2, 0.25) is 0 Å². The summed E-state index contributed by atoms with van der Waals surface area (Å²) in [7, 11) is 3.56. The second-order valence-electron chi connectivity index (χ2n) is 7.36. The zero-order valence-corrected chi connectivity index (χ0v) is 19.6. The molecular weight excluding hydrogens is 477 g/mol. The van der Waals surface area contributed by atoms with Crippen LogP contribution in [0.15, 0.2) is 41.5 Å². The second-order valence-corrected chi connectivity index (χ2v) is 7.36. The second kappa shape index (κ2) is 10.1. The van der Waals surface area contributed by atoms with Crippen LogP contribution < -0.4 is 10.1 Å². The lowest BCUT2D eigenvalue weighted by Crippen LogP contribution is -2.43. The van der Waals surface area contributed by atoms with Crippen molar-refractivity contribution in [3.63, 3.8) is 0 Å². The molecule has 0 fully saturated rings. The van der Waals surface area contributed by atoms with Gasteiger partial charge in [0, 0.05) is 39.3 Å². The van der Waals surface area contributed by atoms with Crippen molar-refractivity contribution in [3.8, 4) is 5.75 Å². The van der Waals surface area contributed by atoms with Crippen LogP contribution in [0, 0.1) is 0 Å². The standard InChI is InChI=1S/C22H29N5O.HI/c1-23-22(24-15-19-16-27-11-4-3-8-21(27)25-19)26-12-9-17(10-13-26)18-6-5-7-20(14-18)28-2;/h5-7,9,14,16H,3-4,8,10-13,15H2,1-2H3,(H,23,24);1H. The summed E-state index contributed by atoms with van der Waals surface area (Å²) in [6.45, 7) is 3.62. The summed E-state index contributed by atoms with van der Waals surface area (Å²) in [6.07, 6.45) is 9.08. The van der Waals surface area contributed by atoms with E-state index in [0.29, 0.717) is 0 Å². The summed E-state index contributed by atoms with van der Waals surface area (Å²) in [5.74, 6) is 3.06. The molecule has 0 aliphatic carbocycles. The van der Waals surface area contributed by atoms with Crippen LogP contribution in [0.1, 0.15) is 36.3 Å². The lowest BCUT2D eigenvalue weighted by Gasteiger charge is -2.29. The Labute approximate surface area is 190 Å². The van der Waals surface area contributed by atoms with E-state index in [9.17, 15) is 0 Å². The maximum atomic E-state index is 5.35. The summed E-state index contributed by atoms with van der Waals surface area (Å²) < 4.78 is 7.65. The number of aliphatic imine (C=N–C) groups is 1. The van der Waals surface area contributed by atoms with Crippen molar-refractivity contribution in [2.75, 3.05) is 27.2 Å². The van der Waals surface area contributed by atoms with Crippen molar-refractivity contribution in [2.45, 2.75) is 38.8 Å². The Morgan fingerprint density at radius 1 is 1.24 bits per heavy atom. The fourth-order valence-corrected chi connectivity index (χ4v) is 4.01. The molecule has 29 heavy (non-hydrogen) atoms. The first-order valence-electron chi connectivity index (χ1n) is 10.1. The molecular formula is C22H30IN5O. The number of benzene rings is 1. The molecule has 2 aliphatic rings. The maximum Gasteiger partial charge on any atom is 0.194 e. The SMILES string of the molecule is CN=C(NCc1cn2c(n1)CCCC2)N1CC=C(c2cccc(OC)c2)CC1.I. The monoisotopic (exact) mass is 507 g/mol. The van der Waals surface area contributed by atoms with Crippen molar-refractivity contribution < 1.29 is 4.74 Å². The van der Waals surface area contributed by atoms with E-state index in [1.165, 1.54) is 29.8 Å². The Morgan fingerprint density at radius 2 is 2.14 bits per heavy atom. The minimum atomic E-state index is 0. The first-order valence-corrected chi connectivity index (χ1v) is 10.1. The topological polar surface area (TPSA) is 54.7 Å². The fourth-order valence-electron chi connectivity index (χ4n) is 4.01. The van der Waals surface area contributed by atoms with E-state index in [2.05, 4.69) is 44.2 Å². The van der Waals surface area contributed by atoms with Gasteiger partial charge >= 0.3 is 0 Å².